The van der Waals surface area contributed by atoms with E-state index in [0.717, 1.165) is 19.4 Å². The molecule has 130 valence electrons. The zero-order chi connectivity index (χ0) is 17.5. The number of hydrogen-bond donors (Lipinski definition) is 3. The Hall–Kier alpha value is -1.99. The van der Waals surface area contributed by atoms with Crippen LogP contribution in [0, 0.1) is 5.92 Å². The van der Waals surface area contributed by atoms with Crippen LogP contribution < -0.4 is 16.0 Å². The molecule has 7 heteroatoms. The molecule has 1 saturated heterocycles. The summed E-state index contributed by atoms with van der Waals surface area (Å²) in [5, 5.41) is 8.61. The summed E-state index contributed by atoms with van der Waals surface area (Å²) in [6.45, 7) is 4.85. The van der Waals surface area contributed by atoms with Crippen molar-refractivity contribution in [2.45, 2.75) is 32.8 Å². The number of nitrogens with one attached hydrogen (secondary N) is 3. The molecule has 0 bridgehead atoms. The second-order valence-corrected chi connectivity index (χ2v) is 6.43. The summed E-state index contributed by atoms with van der Waals surface area (Å²) < 4.78 is 5.49. The average Bonchev–Trinajstić information content (AvgIpc) is 3.06. The van der Waals surface area contributed by atoms with Crippen LogP contribution in [-0.2, 0) is 9.53 Å². The van der Waals surface area contributed by atoms with E-state index in [0.29, 0.717) is 17.8 Å². The molecule has 2 rings (SSSR count). The van der Waals surface area contributed by atoms with Gasteiger partial charge in [-0.3, -0.25) is 9.59 Å². The zero-order valence-corrected chi connectivity index (χ0v) is 14.7. The fraction of sp³-hybridized carbons (Fsp3) is 0.471. The van der Waals surface area contributed by atoms with E-state index < -0.39 is 0 Å². The largest absolute Gasteiger partial charge is 0.376 e. The molecule has 0 radical (unpaired) electrons. The van der Waals surface area contributed by atoms with Gasteiger partial charge in [0.1, 0.15) is 0 Å². The van der Waals surface area contributed by atoms with E-state index in [1.807, 2.05) is 0 Å². The highest BCUT2D eigenvalue weighted by atomic mass is 32.1. The Bertz CT molecular complexity index is 613. The Labute approximate surface area is 147 Å². The number of anilines is 1. The molecular formula is C17H23N3O3S. The number of carbonyl (C=O) groups is 2. The van der Waals surface area contributed by atoms with Crippen LogP contribution in [0.5, 0.6) is 0 Å². The number of ether oxygens (including phenoxy) is 1. The van der Waals surface area contributed by atoms with Gasteiger partial charge in [-0.05, 0) is 43.3 Å². The number of benzene rings is 1. The lowest BCUT2D eigenvalue weighted by Crippen LogP contribution is -2.36. The molecular weight excluding hydrogens is 326 g/mol. The first kappa shape index (κ1) is 18.4. The molecule has 1 aromatic carbocycles. The van der Waals surface area contributed by atoms with Crippen molar-refractivity contribution in [1.29, 1.82) is 0 Å². The van der Waals surface area contributed by atoms with Gasteiger partial charge in [0, 0.05) is 30.3 Å². The van der Waals surface area contributed by atoms with Crippen molar-refractivity contribution in [3.8, 4) is 0 Å². The van der Waals surface area contributed by atoms with Gasteiger partial charge >= 0.3 is 0 Å². The first-order valence-electron chi connectivity index (χ1n) is 8.07. The van der Waals surface area contributed by atoms with Crippen LogP contribution in [-0.4, -0.2) is 36.2 Å². The molecule has 3 N–H and O–H groups in total. The lowest BCUT2D eigenvalue weighted by atomic mass is 10.1. The minimum Gasteiger partial charge on any atom is -0.376 e. The average molecular weight is 349 g/mol. The second-order valence-electron chi connectivity index (χ2n) is 6.02. The molecule has 0 aromatic heterocycles. The Balaban J connectivity index is 1.89. The van der Waals surface area contributed by atoms with Crippen molar-refractivity contribution in [2.24, 2.45) is 5.92 Å². The minimum absolute atomic E-state index is 0.106. The predicted octanol–water partition coefficient (Wildman–Crippen LogP) is 2.06. The lowest BCUT2D eigenvalue weighted by molar-refractivity contribution is -0.122. The third-order valence-electron chi connectivity index (χ3n) is 3.66. The van der Waals surface area contributed by atoms with Crippen molar-refractivity contribution in [2.75, 3.05) is 18.5 Å². The molecule has 2 amide bonds. The third kappa shape index (κ3) is 5.58. The van der Waals surface area contributed by atoms with Crippen molar-refractivity contribution in [3.63, 3.8) is 0 Å². The predicted molar refractivity (Wildman–Crippen MR) is 97.0 cm³/mol. The maximum absolute atomic E-state index is 12.2. The van der Waals surface area contributed by atoms with E-state index in [1.54, 1.807) is 38.1 Å². The van der Waals surface area contributed by atoms with E-state index in [1.165, 1.54) is 0 Å². The van der Waals surface area contributed by atoms with Crippen molar-refractivity contribution in [3.05, 3.63) is 29.8 Å². The van der Waals surface area contributed by atoms with Gasteiger partial charge in [0.05, 0.1) is 6.10 Å². The second kappa shape index (κ2) is 8.75. The molecule has 1 atom stereocenters. The first-order valence-corrected chi connectivity index (χ1v) is 8.48. The van der Waals surface area contributed by atoms with Crippen LogP contribution in [0.2, 0.25) is 0 Å². The van der Waals surface area contributed by atoms with Gasteiger partial charge in [-0.15, -0.1) is 0 Å². The number of amides is 2. The maximum Gasteiger partial charge on any atom is 0.251 e. The molecule has 1 fully saturated rings. The fourth-order valence-corrected chi connectivity index (χ4v) is 2.49. The lowest BCUT2D eigenvalue weighted by Gasteiger charge is -2.13. The molecule has 1 heterocycles. The Kier molecular flexibility index (Phi) is 6.69. The smallest absolute Gasteiger partial charge is 0.251 e. The van der Waals surface area contributed by atoms with Crippen molar-refractivity contribution >= 4 is 34.8 Å². The highest BCUT2D eigenvalue weighted by Gasteiger charge is 2.17. The van der Waals surface area contributed by atoms with Gasteiger partial charge in [0.15, 0.2) is 5.11 Å². The summed E-state index contributed by atoms with van der Waals surface area (Å²) >= 11 is 5.10. The summed E-state index contributed by atoms with van der Waals surface area (Å²) in [7, 11) is 0. The highest BCUT2D eigenvalue weighted by molar-refractivity contribution is 7.80. The molecule has 0 unspecified atom stereocenters. The Morgan fingerprint density at radius 2 is 2.17 bits per heavy atom. The molecule has 1 aromatic rings. The van der Waals surface area contributed by atoms with Gasteiger partial charge in [-0.25, -0.2) is 0 Å². The van der Waals surface area contributed by atoms with Gasteiger partial charge in [0.2, 0.25) is 5.91 Å². The van der Waals surface area contributed by atoms with Crippen molar-refractivity contribution < 1.29 is 14.3 Å². The standard InChI is InChI=1S/C17H23N3O3S/c1-11(2)15(21)20-17(24)19-13-6-3-5-12(9-13)16(22)18-10-14-7-4-8-23-14/h3,5-6,9,11,14H,4,7-8,10H2,1-2H3,(H,18,22)(H2,19,20,21,24)/t14-/m0/s1. The molecule has 6 nitrogen and oxygen atoms in total. The van der Waals surface area contributed by atoms with Gasteiger partial charge in [-0.1, -0.05) is 19.9 Å². The van der Waals surface area contributed by atoms with Crippen LogP contribution in [0.1, 0.15) is 37.0 Å². The Morgan fingerprint density at radius 3 is 2.83 bits per heavy atom. The quantitative estimate of drug-likeness (QED) is 0.709. The van der Waals surface area contributed by atoms with E-state index in [9.17, 15) is 9.59 Å². The van der Waals surface area contributed by atoms with E-state index in [2.05, 4.69) is 16.0 Å². The normalized spacial score (nSPS) is 16.7. The molecule has 24 heavy (non-hydrogen) atoms. The van der Waals surface area contributed by atoms with Gasteiger partial charge in [0.25, 0.3) is 5.91 Å². The minimum atomic E-state index is -0.161. The number of rotatable bonds is 5. The number of carbonyl (C=O) groups excluding carboxylic acids is 2. The zero-order valence-electron chi connectivity index (χ0n) is 13.9. The SMILES string of the molecule is CC(C)C(=O)NC(=S)Nc1cccc(C(=O)NC[C@@H]2CCCO2)c1. The van der Waals surface area contributed by atoms with Gasteiger partial charge < -0.3 is 20.7 Å². The number of thiocarbonyl (C=S) groups is 1. The molecule has 0 aliphatic carbocycles. The van der Waals surface area contributed by atoms with E-state index in [-0.39, 0.29) is 28.9 Å². The summed E-state index contributed by atoms with van der Waals surface area (Å²) in [4.78, 5) is 23.8. The first-order chi connectivity index (χ1) is 11.5. The van der Waals surface area contributed by atoms with Crippen LogP contribution in [0.15, 0.2) is 24.3 Å². The topological polar surface area (TPSA) is 79.5 Å². The van der Waals surface area contributed by atoms with Crippen molar-refractivity contribution in [1.82, 2.24) is 10.6 Å². The van der Waals surface area contributed by atoms with Crippen LogP contribution in [0.25, 0.3) is 0 Å². The molecule has 1 aliphatic heterocycles. The van der Waals surface area contributed by atoms with Crippen LogP contribution >= 0.6 is 12.2 Å². The molecule has 0 spiro atoms. The fourth-order valence-electron chi connectivity index (χ4n) is 2.27. The number of hydrogen-bond acceptors (Lipinski definition) is 4. The highest BCUT2D eigenvalue weighted by Crippen LogP contribution is 2.13. The Morgan fingerprint density at radius 1 is 1.38 bits per heavy atom. The van der Waals surface area contributed by atoms with Crippen LogP contribution in [0.4, 0.5) is 5.69 Å². The monoisotopic (exact) mass is 349 g/mol. The van der Waals surface area contributed by atoms with Gasteiger partial charge in [-0.2, -0.15) is 0 Å². The maximum atomic E-state index is 12.2. The third-order valence-corrected chi connectivity index (χ3v) is 3.86. The molecule has 0 saturated carbocycles. The molecule has 1 aliphatic rings. The summed E-state index contributed by atoms with van der Waals surface area (Å²) in [5.74, 6) is -0.469. The van der Waals surface area contributed by atoms with E-state index in [4.69, 9.17) is 17.0 Å². The van der Waals surface area contributed by atoms with E-state index >= 15 is 0 Å². The van der Waals surface area contributed by atoms with Crippen LogP contribution in [0.3, 0.4) is 0 Å². The summed E-state index contributed by atoms with van der Waals surface area (Å²) in [6.07, 6.45) is 2.12. The summed E-state index contributed by atoms with van der Waals surface area (Å²) in [6, 6.07) is 6.96. The summed E-state index contributed by atoms with van der Waals surface area (Å²) in [5.41, 5.74) is 1.17.